The summed E-state index contributed by atoms with van der Waals surface area (Å²) in [6, 6.07) is 10.0. The third-order valence-corrected chi connectivity index (χ3v) is 3.52. The molecule has 0 heterocycles. The summed E-state index contributed by atoms with van der Waals surface area (Å²) in [7, 11) is 0. The van der Waals surface area contributed by atoms with Gasteiger partial charge in [0.15, 0.2) is 5.96 Å². The SMILES string of the molecule is CCNC(=NCC(CO)c1ccccc1)NCCCCOCC.I. The predicted molar refractivity (Wildman–Crippen MR) is 111 cm³/mol. The second kappa shape index (κ2) is 15.7. The molecule has 1 unspecified atom stereocenters. The van der Waals surface area contributed by atoms with Crippen LogP contribution in [0.5, 0.6) is 0 Å². The third kappa shape index (κ3) is 10.1. The summed E-state index contributed by atoms with van der Waals surface area (Å²) in [6.45, 7) is 8.00. The van der Waals surface area contributed by atoms with Crippen LogP contribution in [0.1, 0.15) is 38.2 Å². The molecule has 0 spiro atoms. The number of nitrogens with one attached hydrogen (secondary N) is 2. The number of aliphatic hydroxyl groups excluding tert-OH is 1. The van der Waals surface area contributed by atoms with Gasteiger partial charge in [-0.1, -0.05) is 30.3 Å². The molecule has 1 rings (SSSR count). The normalized spacial score (nSPS) is 12.4. The number of guanidine groups is 1. The van der Waals surface area contributed by atoms with Crippen LogP contribution in [0, 0.1) is 0 Å². The first-order valence-corrected chi connectivity index (χ1v) is 8.57. The summed E-state index contributed by atoms with van der Waals surface area (Å²) in [5.41, 5.74) is 1.12. The van der Waals surface area contributed by atoms with E-state index in [0.29, 0.717) is 6.54 Å². The number of unbranched alkanes of at least 4 members (excludes halogenated alkanes) is 1. The lowest BCUT2D eigenvalue weighted by Crippen LogP contribution is -2.38. The number of nitrogens with zero attached hydrogens (tertiary/aromatic N) is 1. The highest BCUT2D eigenvalue weighted by Gasteiger charge is 2.09. The quantitative estimate of drug-likeness (QED) is 0.210. The number of aliphatic hydroxyl groups is 1. The molecule has 6 heteroatoms. The maximum Gasteiger partial charge on any atom is 0.191 e. The molecule has 0 amide bonds. The van der Waals surface area contributed by atoms with Crippen LogP contribution in [0.2, 0.25) is 0 Å². The van der Waals surface area contributed by atoms with Crippen LogP contribution in [0.15, 0.2) is 35.3 Å². The number of rotatable bonds is 11. The molecule has 138 valence electrons. The van der Waals surface area contributed by atoms with Crippen molar-refractivity contribution < 1.29 is 9.84 Å². The molecular weight excluding hydrogens is 417 g/mol. The van der Waals surface area contributed by atoms with Gasteiger partial charge < -0.3 is 20.5 Å². The minimum absolute atomic E-state index is 0. The van der Waals surface area contributed by atoms with E-state index in [9.17, 15) is 5.11 Å². The van der Waals surface area contributed by atoms with Gasteiger partial charge in [-0.25, -0.2) is 0 Å². The Balaban J connectivity index is 0.00000529. The zero-order chi connectivity index (χ0) is 16.8. The number of hydrogen-bond acceptors (Lipinski definition) is 3. The van der Waals surface area contributed by atoms with Gasteiger partial charge in [-0.15, -0.1) is 24.0 Å². The van der Waals surface area contributed by atoms with E-state index in [4.69, 9.17) is 4.74 Å². The maximum absolute atomic E-state index is 9.59. The van der Waals surface area contributed by atoms with Crippen molar-refractivity contribution in [3.63, 3.8) is 0 Å². The van der Waals surface area contributed by atoms with Crippen LogP contribution < -0.4 is 10.6 Å². The summed E-state index contributed by atoms with van der Waals surface area (Å²) in [5, 5.41) is 16.2. The minimum atomic E-state index is 0. The lowest BCUT2D eigenvalue weighted by atomic mass is 10.0. The van der Waals surface area contributed by atoms with E-state index in [-0.39, 0.29) is 36.5 Å². The van der Waals surface area contributed by atoms with Gasteiger partial charge in [-0.05, 0) is 32.3 Å². The van der Waals surface area contributed by atoms with Gasteiger partial charge in [0.1, 0.15) is 0 Å². The fraction of sp³-hybridized carbons (Fsp3) is 0.611. The highest BCUT2D eigenvalue weighted by atomic mass is 127. The smallest absolute Gasteiger partial charge is 0.191 e. The molecule has 1 aromatic carbocycles. The van der Waals surface area contributed by atoms with Crippen LogP contribution in [0.4, 0.5) is 0 Å². The highest BCUT2D eigenvalue weighted by Crippen LogP contribution is 2.14. The molecule has 0 saturated carbocycles. The predicted octanol–water partition coefficient (Wildman–Crippen LogP) is 2.75. The van der Waals surface area contributed by atoms with E-state index in [2.05, 4.69) is 15.6 Å². The van der Waals surface area contributed by atoms with Crippen molar-refractivity contribution in [1.29, 1.82) is 0 Å². The lowest BCUT2D eigenvalue weighted by Gasteiger charge is -2.15. The first-order chi connectivity index (χ1) is 11.3. The number of halogens is 1. The average Bonchev–Trinajstić information content (AvgIpc) is 2.59. The van der Waals surface area contributed by atoms with Crippen molar-refractivity contribution in [2.24, 2.45) is 4.99 Å². The van der Waals surface area contributed by atoms with E-state index >= 15 is 0 Å². The van der Waals surface area contributed by atoms with Crippen LogP contribution >= 0.6 is 24.0 Å². The molecule has 3 N–H and O–H groups in total. The number of ether oxygens (including phenoxy) is 1. The summed E-state index contributed by atoms with van der Waals surface area (Å²) >= 11 is 0. The van der Waals surface area contributed by atoms with Crippen molar-refractivity contribution >= 4 is 29.9 Å². The van der Waals surface area contributed by atoms with E-state index in [1.807, 2.05) is 44.2 Å². The van der Waals surface area contributed by atoms with Gasteiger partial charge in [0.05, 0.1) is 13.2 Å². The Morgan fingerprint density at radius 1 is 1.17 bits per heavy atom. The zero-order valence-corrected chi connectivity index (χ0v) is 17.2. The Bertz CT molecular complexity index is 430. The van der Waals surface area contributed by atoms with Crippen LogP contribution in [0.3, 0.4) is 0 Å². The van der Waals surface area contributed by atoms with Gasteiger partial charge in [-0.2, -0.15) is 0 Å². The van der Waals surface area contributed by atoms with Gasteiger partial charge >= 0.3 is 0 Å². The molecule has 0 aliphatic rings. The third-order valence-electron chi connectivity index (χ3n) is 3.52. The first-order valence-electron chi connectivity index (χ1n) is 8.57. The maximum atomic E-state index is 9.59. The van der Waals surface area contributed by atoms with Crippen molar-refractivity contribution in [3.8, 4) is 0 Å². The Hall–Kier alpha value is -0.860. The topological polar surface area (TPSA) is 65.9 Å². The Morgan fingerprint density at radius 2 is 1.92 bits per heavy atom. The van der Waals surface area contributed by atoms with E-state index in [1.54, 1.807) is 0 Å². The molecule has 0 fully saturated rings. The molecule has 0 saturated heterocycles. The molecule has 0 aliphatic carbocycles. The summed E-state index contributed by atoms with van der Waals surface area (Å²) in [5.74, 6) is 0.836. The zero-order valence-electron chi connectivity index (χ0n) is 14.8. The van der Waals surface area contributed by atoms with Crippen molar-refractivity contribution in [3.05, 3.63) is 35.9 Å². The van der Waals surface area contributed by atoms with E-state index < -0.39 is 0 Å². The van der Waals surface area contributed by atoms with Gasteiger partial charge in [0.2, 0.25) is 0 Å². The molecule has 0 bridgehead atoms. The monoisotopic (exact) mass is 449 g/mol. The molecule has 0 aliphatic heterocycles. The Kier molecular flexibility index (Phi) is 15.1. The highest BCUT2D eigenvalue weighted by molar-refractivity contribution is 14.0. The second-order valence-corrected chi connectivity index (χ2v) is 5.34. The van der Waals surface area contributed by atoms with Crippen LogP contribution in [-0.4, -0.2) is 50.5 Å². The molecule has 0 radical (unpaired) electrons. The largest absolute Gasteiger partial charge is 0.396 e. The second-order valence-electron chi connectivity index (χ2n) is 5.34. The molecule has 1 atom stereocenters. The number of hydrogen-bond donors (Lipinski definition) is 3. The fourth-order valence-electron chi connectivity index (χ4n) is 2.22. The standard InChI is InChI=1S/C18H31N3O2.HI/c1-3-19-18(20-12-8-9-13-23-4-2)21-14-17(15-22)16-10-6-5-7-11-16;/h5-7,10-11,17,22H,3-4,8-9,12-15H2,1-2H3,(H2,19,20,21);1H. The molecule has 5 nitrogen and oxygen atoms in total. The average molecular weight is 449 g/mol. The first kappa shape index (κ1) is 23.1. The van der Waals surface area contributed by atoms with Crippen LogP contribution in [0.25, 0.3) is 0 Å². The Morgan fingerprint density at radius 3 is 2.54 bits per heavy atom. The fourth-order valence-corrected chi connectivity index (χ4v) is 2.22. The lowest BCUT2D eigenvalue weighted by molar-refractivity contribution is 0.143. The molecule has 1 aromatic rings. The van der Waals surface area contributed by atoms with Gasteiger partial charge in [0.25, 0.3) is 0 Å². The molecular formula is C18H32IN3O2. The molecule has 24 heavy (non-hydrogen) atoms. The van der Waals surface area contributed by atoms with E-state index in [0.717, 1.165) is 50.7 Å². The summed E-state index contributed by atoms with van der Waals surface area (Å²) in [6.07, 6.45) is 2.09. The molecule has 0 aromatic heterocycles. The number of benzene rings is 1. The Labute approximate surface area is 163 Å². The van der Waals surface area contributed by atoms with Crippen molar-refractivity contribution in [2.75, 3.05) is 39.5 Å². The summed E-state index contributed by atoms with van der Waals surface area (Å²) in [4.78, 5) is 4.60. The summed E-state index contributed by atoms with van der Waals surface area (Å²) < 4.78 is 5.33. The number of aliphatic imine (C=N–C) groups is 1. The van der Waals surface area contributed by atoms with E-state index in [1.165, 1.54) is 0 Å². The van der Waals surface area contributed by atoms with Crippen molar-refractivity contribution in [2.45, 2.75) is 32.6 Å². The van der Waals surface area contributed by atoms with Crippen LogP contribution in [-0.2, 0) is 4.74 Å². The minimum Gasteiger partial charge on any atom is -0.396 e. The van der Waals surface area contributed by atoms with Crippen molar-refractivity contribution in [1.82, 2.24) is 10.6 Å². The van der Waals surface area contributed by atoms with Gasteiger partial charge in [0, 0.05) is 32.2 Å². The van der Waals surface area contributed by atoms with Gasteiger partial charge in [-0.3, -0.25) is 4.99 Å².